The second-order valence-corrected chi connectivity index (χ2v) is 5.63. The Balaban J connectivity index is 2.20. The minimum Gasteiger partial charge on any atom is -0.481 e. The monoisotopic (exact) mass is 304 g/mol. The molecule has 22 heavy (non-hydrogen) atoms. The zero-order valence-electron chi connectivity index (χ0n) is 13.1. The number of aromatic nitrogens is 3. The molecule has 7 heteroatoms. The fourth-order valence-electron chi connectivity index (χ4n) is 1.93. The van der Waals surface area contributed by atoms with E-state index in [9.17, 15) is 4.79 Å². The van der Waals surface area contributed by atoms with Crippen LogP contribution in [0.4, 0.5) is 5.82 Å². The van der Waals surface area contributed by atoms with Gasteiger partial charge in [-0.25, -0.2) is 4.98 Å². The van der Waals surface area contributed by atoms with Crippen LogP contribution in [0.1, 0.15) is 32.5 Å². The number of hydrogen-bond donors (Lipinski definition) is 1. The van der Waals surface area contributed by atoms with E-state index in [1.165, 1.54) is 0 Å². The van der Waals surface area contributed by atoms with Crippen LogP contribution in [0.15, 0.2) is 22.9 Å². The number of carboxylic acids is 1. The molecular formula is C15H20N4O3. The Kier molecular flexibility index (Phi) is 4.75. The number of aliphatic carboxylic acids is 1. The molecular weight excluding hydrogens is 284 g/mol. The zero-order chi connectivity index (χ0) is 16.3. The van der Waals surface area contributed by atoms with Gasteiger partial charge in [-0.3, -0.25) is 4.79 Å². The molecule has 0 fully saturated rings. The van der Waals surface area contributed by atoms with Crippen LogP contribution in [0.5, 0.6) is 0 Å². The van der Waals surface area contributed by atoms with Crippen molar-refractivity contribution in [2.75, 3.05) is 18.5 Å². The summed E-state index contributed by atoms with van der Waals surface area (Å²) >= 11 is 0. The average molecular weight is 304 g/mol. The van der Waals surface area contributed by atoms with E-state index in [0.29, 0.717) is 24.1 Å². The highest BCUT2D eigenvalue weighted by molar-refractivity contribution is 5.70. The van der Waals surface area contributed by atoms with Gasteiger partial charge in [0.15, 0.2) is 5.82 Å². The van der Waals surface area contributed by atoms with Gasteiger partial charge in [-0.15, -0.1) is 0 Å². The minimum atomic E-state index is -0.832. The Hall–Kier alpha value is -2.44. The van der Waals surface area contributed by atoms with Gasteiger partial charge in [0.2, 0.25) is 0 Å². The molecule has 0 aliphatic heterocycles. The van der Waals surface area contributed by atoms with Crippen LogP contribution in [0.25, 0.3) is 11.5 Å². The molecule has 1 N–H and O–H groups in total. The number of carboxylic acid groups (broad SMARTS) is 1. The van der Waals surface area contributed by atoms with Crippen LogP contribution in [0.2, 0.25) is 0 Å². The van der Waals surface area contributed by atoms with Crippen LogP contribution in [-0.4, -0.2) is 39.8 Å². The molecule has 1 unspecified atom stereocenters. The van der Waals surface area contributed by atoms with Crippen LogP contribution in [0, 0.1) is 5.92 Å². The quantitative estimate of drug-likeness (QED) is 0.876. The van der Waals surface area contributed by atoms with Crippen molar-refractivity contribution in [2.24, 2.45) is 5.92 Å². The molecule has 0 aliphatic rings. The van der Waals surface area contributed by atoms with Crippen molar-refractivity contribution in [1.82, 2.24) is 15.1 Å². The van der Waals surface area contributed by atoms with Crippen LogP contribution in [-0.2, 0) is 4.79 Å². The molecule has 0 spiro atoms. The van der Waals surface area contributed by atoms with Crippen LogP contribution < -0.4 is 4.90 Å². The first kappa shape index (κ1) is 15.9. The topological polar surface area (TPSA) is 92.4 Å². The number of rotatable bonds is 6. The molecule has 0 aliphatic carbocycles. The molecule has 0 bridgehead atoms. The lowest BCUT2D eigenvalue weighted by molar-refractivity contribution is -0.140. The number of hydrogen-bond acceptors (Lipinski definition) is 6. The van der Waals surface area contributed by atoms with Gasteiger partial charge in [-0.05, 0) is 12.1 Å². The SMILES string of the molecule is CC(CN(C)c1cc(-c2nc(C(C)C)no2)ccn1)C(=O)O. The van der Waals surface area contributed by atoms with Gasteiger partial charge in [0.05, 0.1) is 5.92 Å². The molecule has 2 heterocycles. The van der Waals surface area contributed by atoms with E-state index in [2.05, 4.69) is 15.1 Å². The third kappa shape index (κ3) is 3.60. The summed E-state index contributed by atoms with van der Waals surface area (Å²) < 4.78 is 5.26. The van der Waals surface area contributed by atoms with Crippen molar-refractivity contribution in [3.05, 3.63) is 24.2 Å². The van der Waals surface area contributed by atoms with E-state index in [1.54, 1.807) is 31.1 Å². The lowest BCUT2D eigenvalue weighted by Gasteiger charge is -2.20. The molecule has 0 saturated carbocycles. The maximum Gasteiger partial charge on any atom is 0.308 e. The molecule has 0 aromatic carbocycles. The van der Waals surface area contributed by atoms with Gasteiger partial charge in [0.1, 0.15) is 5.82 Å². The fraction of sp³-hybridized carbons (Fsp3) is 0.467. The van der Waals surface area contributed by atoms with Gasteiger partial charge in [-0.2, -0.15) is 4.98 Å². The summed E-state index contributed by atoms with van der Waals surface area (Å²) in [7, 11) is 1.80. The highest BCUT2D eigenvalue weighted by atomic mass is 16.5. The van der Waals surface area contributed by atoms with E-state index in [-0.39, 0.29) is 5.92 Å². The van der Waals surface area contributed by atoms with Gasteiger partial charge in [-0.1, -0.05) is 25.9 Å². The van der Waals surface area contributed by atoms with Crippen molar-refractivity contribution in [3.8, 4) is 11.5 Å². The standard InChI is InChI=1S/C15H20N4O3/c1-9(2)13-17-14(22-18-13)11-5-6-16-12(7-11)19(4)8-10(3)15(20)21/h5-7,9-10H,8H2,1-4H3,(H,20,21). The first-order valence-corrected chi connectivity index (χ1v) is 7.12. The summed E-state index contributed by atoms with van der Waals surface area (Å²) in [4.78, 5) is 21.3. The average Bonchev–Trinajstić information content (AvgIpc) is 2.97. The zero-order valence-corrected chi connectivity index (χ0v) is 13.1. The van der Waals surface area contributed by atoms with E-state index < -0.39 is 11.9 Å². The Morgan fingerprint density at radius 3 is 2.73 bits per heavy atom. The molecule has 0 amide bonds. The number of carbonyl (C=O) groups is 1. The van der Waals surface area contributed by atoms with Crippen molar-refractivity contribution < 1.29 is 14.4 Å². The van der Waals surface area contributed by atoms with Crippen molar-refractivity contribution in [3.63, 3.8) is 0 Å². The number of pyridine rings is 1. The maximum atomic E-state index is 10.9. The van der Waals surface area contributed by atoms with E-state index in [1.807, 2.05) is 19.9 Å². The van der Waals surface area contributed by atoms with Gasteiger partial charge < -0.3 is 14.5 Å². The number of anilines is 1. The fourth-order valence-corrected chi connectivity index (χ4v) is 1.93. The second kappa shape index (κ2) is 6.55. The molecule has 0 saturated heterocycles. The largest absolute Gasteiger partial charge is 0.481 e. The third-order valence-electron chi connectivity index (χ3n) is 3.31. The van der Waals surface area contributed by atoms with E-state index in [0.717, 1.165) is 5.56 Å². The molecule has 2 rings (SSSR count). The summed E-state index contributed by atoms with van der Waals surface area (Å²) in [5, 5.41) is 12.9. The molecule has 118 valence electrons. The summed E-state index contributed by atoms with van der Waals surface area (Å²) in [5.74, 6) is 0.633. The Labute approximate surface area is 129 Å². The van der Waals surface area contributed by atoms with Gasteiger partial charge in [0.25, 0.3) is 5.89 Å². The molecule has 2 aromatic rings. The highest BCUT2D eigenvalue weighted by Gasteiger charge is 2.16. The Morgan fingerprint density at radius 2 is 2.14 bits per heavy atom. The van der Waals surface area contributed by atoms with E-state index in [4.69, 9.17) is 9.63 Å². The van der Waals surface area contributed by atoms with E-state index >= 15 is 0 Å². The predicted molar refractivity (Wildman–Crippen MR) is 81.7 cm³/mol. The first-order valence-electron chi connectivity index (χ1n) is 7.12. The second-order valence-electron chi connectivity index (χ2n) is 5.63. The highest BCUT2D eigenvalue weighted by Crippen LogP contribution is 2.23. The smallest absolute Gasteiger partial charge is 0.308 e. The normalized spacial score (nSPS) is 12.4. The summed E-state index contributed by atoms with van der Waals surface area (Å²) in [6.07, 6.45) is 1.64. The van der Waals surface area contributed by atoms with Gasteiger partial charge >= 0.3 is 5.97 Å². The summed E-state index contributed by atoms with van der Waals surface area (Å²) in [6.45, 7) is 6.02. The summed E-state index contributed by atoms with van der Waals surface area (Å²) in [6, 6.07) is 3.60. The van der Waals surface area contributed by atoms with Crippen LogP contribution in [0.3, 0.4) is 0 Å². The van der Waals surface area contributed by atoms with Crippen molar-refractivity contribution >= 4 is 11.8 Å². The van der Waals surface area contributed by atoms with Crippen LogP contribution >= 0.6 is 0 Å². The van der Waals surface area contributed by atoms with Gasteiger partial charge in [0, 0.05) is 31.3 Å². The lowest BCUT2D eigenvalue weighted by Crippen LogP contribution is -2.28. The Morgan fingerprint density at radius 1 is 1.41 bits per heavy atom. The minimum absolute atomic E-state index is 0.192. The first-order chi connectivity index (χ1) is 10.4. The van der Waals surface area contributed by atoms with Crippen molar-refractivity contribution in [1.29, 1.82) is 0 Å². The molecule has 0 radical (unpaired) electrons. The Bertz CT molecular complexity index is 654. The molecule has 2 aromatic heterocycles. The predicted octanol–water partition coefficient (Wildman–Crippen LogP) is 2.41. The van der Waals surface area contributed by atoms with Crippen molar-refractivity contribution in [2.45, 2.75) is 26.7 Å². The maximum absolute atomic E-state index is 10.9. The summed E-state index contributed by atoms with van der Waals surface area (Å²) in [5.41, 5.74) is 0.763. The molecule has 1 atom stereocenters. The molecule has 7 nitrogen and oxygen atoms in total. The number of nitrogens with zero attached hydrogens (tertiary/aromatic N) is 4. The third-order valence-corrected chi connectivity index (χ3v) is 3.31. The lowest BCUT2D eigenvalue weighted by atomic mass is 10.1.